The minimum Gasteiger partial charge on any atom is -0.465 e. The number of benzene rings is 2. The summed E-state index contributed by atoms with van der Waals surface area (Å²) in [4.78, 5) is 26.6. The van der Waals surface area contributed by atoms with Crippen molar-refractivity contribution in [2.24, 2.45) is 0 Å². The van der Waals surface area contributed by atoms with Crippen LogP contribution >= 0.6 is 23.6 Å². The van der Waals surface area contributed by atoms with Gasteiger partial charge in [-0.2, -0.15) is 0 Å². The molecule has 3 aromatic rings. The first-order valence-electron chi connectivity index (χ1n) is 10.1. The maximum Gasteiger partial charge on any atom is 0.341 e. The molecule has 1 aliphatic rings. The van der Waals surface area contributed by atoms with Crippen molar-refractivity contribution in [3.8, 4) is 0 Å². The first-order valence-corrected chi connectivity index (χ1v) is 11.3. The molecule has 1 aliphatic carbocycles. The molecule has 1 aromatic heterocycles. The molecule has 0 fully saturated rings. The van der Waals surface area contributed by atoms with E-state index in [4.69, 9.17) is 17.0 Å². The van der Waals surface area contributed by atoms with Gasteiger partial charge in [0, 0.05) is 16.0 Å². The average Bonchev–Trinajstić information content (AvgIpc) is 3.16. The van der Waals surface area contributed by atoms with Gasteiger partial charge in [0.15, 0.2) is 10.9 Å². The zero-order valence-corrected chi connectivity index (χ0v) is 18.7. The zero-order chi connectivity index (χ0) is 21.8. The van der Waals surface area contributed by atoms with Crippen LogP contribution in [-0.4, -0.2) is 24.0 Å². The SMILES string of the molecule is COC(=O)c1c(NC(=S)Nc2ccccc2C(=O)c2ccccc2)sc2c1CCCC2. The average molecular weight is 451 g/mol. The molecule has 0 saturated carbocycles. The van der Waals surface area contributed by atoms with E-state index in [1.54, 1.807) is 29.5 Å². The van der Waals surface area contributed by atoms with Gasteiger partial charge in [0.05, 0.1) is 18.4 Å². The molecule has 5 nitrogen and oxygen atoms in total. The maximum atomic E-state index is 13.0. The van der Waals surface area contributed by atoms with Crippen LogP contribution in [0.4, 0.5) is 10.7 Å². The molecule has 0 spiro atoms. The van der Waals surface area contributed by atoms with E-state index in [9.17, 15) is 9.59 Å². The molecule has 0 radical (unpaired) electrons. The van der Waals surface area contributed by atoms with Gasteiger partial charge in [0.25, 0.3) is 0 Å². The maximum absolute atomic E-state index is 13.0. The quantitative estimate of drug-likeness (QED) is 0.306. The van der Waals surface area contributed by atoms with Gasteiger partial charge in [0.2, 0.25) is 0 Å². The van der Waals surface area contributed by atoms with E-state index in [0.29, 0.717) is 32.5 Å². The Balaban J connectivity index is 1.58. The van der Waals surface area contributed by atoms with E-state index < -0.39 is 0 Å². The lowest BCUT2D eigenvalue weighted by Crippen LogP contribution is -2.21. The van der Waals surface area contributed by atoms with Crippen LogP contribution in [0.25, 0.3) is 0 Å². The molecule has 0 aliphatic heterocycles. The summed E-state index contributed by atoms with van der Waals surface area (Å²) in [6.45, 7) is 0. The number of methoxy groups -OCH3 is 1. The number of ether oxygens (including phenoxy) is 1. The second-order valence-corrected chi connectivity index (χ2v) is 8.74. The third-order valence-corrected chi connectivity index (χ3v) is 6.66. The Morgan fingerprint density at radius 2 is 1.68 bits per heavy atom. The second-order valence-electron chi connectivity index (χ2n) is 7.23. The number of nitrogens with one attached hydrogen (secondary N) is 2. The molecule has 2 N–H and O–H groups in total. The number of thiophene rings is 1. The Morgan fingerprint density at radius 3 is 2.45 bits per heavy atom. The van der Waals surface area contributed by atoms with Gasteiger partial charge in [0.1, 0.15) is 5.00 Å². The van der Waals surface area contributed by atoms with Gasteiger partial charge in [-0.1, -0.05) is 42.5 Å². The molecule has 0 saturated heterocycles. The van der Waals surface area contributed by atoms with Crippen LogP contribution in [0.1, 0.15) is 49.6 Å². The molecule has 0 bridgehead atoms. The third kappa shape index (κ3) is 4.52. The van der Waals surface area contributed by atoms with E-state index in [1.807, 2.05) is 36.4 Å². The largest absolute Gasteiger partial charge is 0.465 e. The fraction of sp³-hybridized carbons (Fsp3) is 0.208. The molecule has 0 unspecified atom stereocenters. The highest BCUT2D eigenvalue weighted by molar-refractivity contribution is 7.80. The summed E-state index contributed by atoms with van der Waals surface area (Å²) >= 11 is 7.07. The van der Waals surface area contributed by atoms with Gasteiger partial charge in [-0.25, -0.2) is 4.79 Å². The van der Waals surface area contributed by atoms with Crippen LogP contribution in [0, 0.1) is 0 Å². The zero-order valence-electron chi connectivity index (χ0n) is 17.1. The number of carbonyl (C=O) groups excluding carboxylic acids is 2. The third-order valence-electron chi connectivity index (χ3n) is 5.24. The number of aryl methyl sites for hydroxylation is 1. The smallest absolute Gasteiger partial charge is 0.341 e. The van der Waals surface area contributed by atoms with Gasteiger partial charge in [-0.05, 0) is 55.6 Å². The Labute approximate surface area is 190 Å². The summed E-state index contributed by atoms with van der Waals surface area (Å²) < 4.78 is 5.02. The van der Waals surface area contributed by atoms with Crippen LogP contribution in [0.2, 0.25) is 0 Å². The molecule has 0 amide bonds. The van der Waals surface area contributed by atoms with Crippen molar-refractivity contribution in [2.75, 3.05) is 17.7 Å². The fourth-order valence-corrected chi connectivity index (χ4v) is 5.32. The molecule has 2 aromatic carbocycles. The Hall–Kier alpha value is -3.03. The number of hydrogen-bond donors (Lipinski definition) is 2. The summed E-state index contributed by atoms with van der Waals surface area (Å²) in [5.41, 5.74) is 3.37. The molecule has 31 heavy (non-hydrogen) atoms. The van der Waals surface area contributed by atoms with Crippen molar-refractivity contribution in [2.45, 2.75) is 25.7 Å². The summed E-state index contributed by atoms with van der Waals surface area (Å²) in [6, 6.07) is 16.4. The predicted molar refractivity (Wildman–Crippen MR) is 128 cm³/mol. The van der Waals surface area contributed by atoms with Gasteiger partial charge in [-0.3, -0.25) is 4.79 Å². The summed E-state index contributed by atoms with van der Waals surface area (Å²) in [5, 5.41) is 7.29. The summed E-state index contributed by atoms with van der Waals surface area (Å²) in [7, 11) is 1.39. The summed E-state index contributed by atoms with van der Waals surface area (Å²) in [6.07, 6.45) is 4.00. The Kier molecular flexibility index (Phi) is 6.44. The van der Waals surface area contributed by atoms with Crippen LogP contribution in [-0.2, 0) is 17.6 Å². The van der Waals surface area contributed by atoms with Crippen molar-refractivity contribution in [1.82, 2.24) is 0 Å². The minimum atomic E-state index is -0.357. The van der Waals surface area contributed by atoms with E-state index in [0.717, 1.165) is 31.2 Å². The Morgan fingerprint density at radius 1 is 0.968 bits per heavy atom. The lowest BCUT2D eigenvalue weighted by Gasteiger charge is -2.14. The van der Waals surface area contributed by atoms with Gasteiger partial charge in [-0.15, -0.1) is 11.3 Å². The standard InChI is InChI=1S/C24H22N2O3S2/c1-29-23(28)20-17-12-6-8-14-19(17)31-22(20)26-24(30)25-18-13-7-5-11-16(18)21(27)15-9-3-2-4-10-15/h2-5,7,9-11,13H,6,8,12,14H2,1H3,(H2,25,26,30). The predicted octanol–water partition coefficient (Wildman–Crippen LogP) is 5.45. The number of para-hydroxylation sites is 1. The number of thiocarbonyl (C=S) groups is 1. The highest BCUT2D eigenvalue weighted by atomic mass is 32.1. The van der Waals surface area contributed by atoms with Crippen LogP contribution in [0.5, 0.6) is 0 Å². The molecular formula is C24H22N2O3S2. The number of anilines is 2. The van der Waals surface area contributed by atoms with E-state index in [-0.39, 0.29) is 11.8 Å². The van der Waals surface area contributed by atoms with E-state index >= 15 is 0 Å². The monoisotopic (exact) mass is 450 g/mol. The minimum absolute atomic E-state index is 0.0895. The number of hydrogen-bond acceptors (Lipinski definition) is 5. The molecule has 158 valence electrons. The van der Waals surface area contributed by atoms with Gasteiger partial charge < -0.3 is 15.4 Å². The molecule has 4 rings (SSSR count). The molecular weight excluding hydrogens is 428 g/mol. The number of ketones is 1. The van der Waals surface area contributed by atoms with Crippen molar-refractivity contribution in [3.63, 3.8) is 0 Å². The molecule has 7 heteroatoms. The van der Waals surface area contributed by atoms with Crippen LogP contribution < -0.4 is 10.6 Å². The van der Waals surface area contributed by atoms with Crippen LogP contribution in [0.15, 0.2) is 54.6 Å². The van der Waals surface area contributed by atoms with Crippen molar-refractivity contribution in [1.29, 1.82) is 0 Å². The molecule has 0 atom stereocenters. The fourth-order valence-electron chi connectivity index (χ4n) is 3.76. The van der Waals surface area contributed by atoms with Crippen LogP contribution in [0.3, 0.4) is 0 Å². The summed E-state index contributed by atoms with van der Waals surface area (Å²) in [5.74, 6) is -0.447. The lowest BCUT2D eigenvalue weighted by atomic mass is 9.95. The normalized spacial score (nSPS) is 12.5. The van der Waals surface area contributed by atoms with Crippen molar-refractivity contribution in [3.05, 3.63) is 81.7 Å². The first-order chi connectivity index (χ1) is 15.1. The van der Waals surface area contributed by atoms with Crippen molar-refractivity contribution >= 4 is 51.1 Å². The van der Waals surface area contributed by atoms with Gasteiger partial charge >= 0.3 is 5.97 Å². The second kappa shape index (κ2) is 9.41. The topological polar surface area (TPSA) is 67.4 Å². The van der Waals surface area contributed by atoms with E-state index in [2.05, 4.69) is 10.6 Å². The first kappa shape index (κ1) is 21.2. The van der Waals surface area contributed by atoms with Crippen molar-refractivity contribution < 1.29 is 14.3 Å². The highest BCUT2D eigenvalue weighted by Crippen LogP contribution is 2.38. The Bertz CT molecular complexity index is 1140. The number of esters is 1. The number of rotatable bonds is 5. The molecule has 1 heterocycles. The van der Waals surface area contributed by atoms with E-state index in [1.165, 1.54) is 12.0 Å². The number of carbonyl (C=O) groups is 2. The lowest BCUT2D eigenvalue weighted by molar-refractivity contribution is 0.0601. The highest BCUT2D eigenvalue weighted by Gasteiger charge is 2.26. The number of fused-ring (bicyclic) bond motifs is 1.